The molecule has 4 rings (SSSR count). The lowest BCUT2D eigenvalue weighted by atomic mass is 9.78. The number of likely N-dealkylation sites (tertiary alicyclic amines) is 1. The van der Waals surface area contributed by atoms with E-state index in [0.29, 0.717) is 25.1 Å². The van der Waals surface area contributed by atoms with Crippen LogP contribution < -0.4 is 5.06 Å². The molecule has 2 saturated heterocycles. The molecule has 0 radical (unpaired) electrons. The molecule has 2 aromatic rings. The summed E-state index contributed by atoms with van der Waals surface area (Å²) in [7, 11) is 1.81. The quantitative estimate of drug-likeness (QED) is 0.799. The average molecular weight is 350 g/mol. The molecule has 2 heterocycles. The fraction of sp³-hybridized carbons (Fsp3) is 0.333. The van der Waals surface area contributed by atoms with E-state index < -0.39 is 11.5 Å². The summed E-state index contributed by atoms with van der Waals surface area (Å²) in [6.07, 6.45) is 1.20. The van der Waals surface area contributed by atoms with Gasteiger partial charge in [0, 0.05) is 19.2 Å². The SMILES string of the molecule is CN1CCC2(CON(c3ccccc3)C(C(=O)c3ccccc3)C2)C1=O. The van der Waals surface area contributed by atoms with Crippen molar-refractivity contribution in [2.24, 2.45) is 5.41 Å². The van der Waals surface area contributed by atoms with Crippen molar-refractivity contribution in [1.29, 1.82) is 0 Å². The molecule has 1 spiro atoms. The maximum atomic E-state index is 13.3. The van der Waals surface area contributed by atoms with Crippen LogP contribution in [0, 0.1) is 5.41 Å². The zero-order chi connectivity index (χ0) is 18.1. The second-order valence-electron chi connectivity index (χ2n) is 7.14. The van der Waals surface area contributed by atoms with Gasteiger partial charge in [0.15, 0.2) is 5.78 Å². The summed E-state index contributed by atoms with van der Waals surface area (Å²) >= 11 is 0. The summed E-state index contributed by atoms with van der Waals surface area (Å²) in [5, 5.41) is 1.69. The zero-order valence-corrected chi connectivity index (χ0v) is 14.8. The molecule has 2 aliphatic rings. The first-order valence-corrected chi connectivity index (χ1v) is 8.93. The highest BCUT2D eigenvalue weighted by atomic mass is 16.7. The normalized spacial score (nSPS) is 25.7. The summed E-state index contributed by atoms with van der Waals surface area (Å²) in [5.41, 5.74) is 0.864. The van der Waals surface area contributed by atoms with Crippen molar-refractivity contribution in [1.82, 2.24) is 4.90 Å². The van der Waals surface area contributed by atoms with Crippen molar-refractivity contribution in [2.75, 3.05) is 25.3 Å². The van der Waals surface area contributed by atoms with E-state index in [-0.39, 0.29) is 11.7 Å². The van der Waals surface area contributed by atoms with Gasteiger partial charge >= 0.3 is 0 Å². The maximum Gasteiger partial charge on any atom is 0.231 e. The molecule has 2 atom stereocenters. The molecule has 0 bridgehead atoms. The first-order valence-electron chi connectivity index (χ1n) is 8.93. The van der Waals surface area contributed by atoms with Gasteiger partial charge in [-0.25, -0.2) is 5.06 Å². The zero-order valence-electron chi connectivity index (χ0n) is 14.8. The van der Waals surface area contributed by atoms with Crippen LogP contribution in [0.3, 0.4) is 0 Å². The van der Waals surface area contributed by atoms with Gasteiger partial charge in [-0.1, -0.05) is 48.5 Å². The van der Waals surface area contributed by atoms with Crippen LogP contribution in [0.25, 0.3) is 0 Å². The third kappa shape index (κ3) is 2.78. The highest BCUT2D eigenvalue weighted by Gasteiger charge is 2.52. The number of hydroxylamine groups is 1. The molecule has 0 aromatic heterocycles. The van der Waals surface area contributed by atoms with Gasteiger partial charge in [0.2, 0.25) is 5.91 Å². The first kappa shape index (κ1) is 16.8. The van der Waals surface area contributed by atoms with Crippen LogP contribution in [0.4, 0.5) is 5.69 Å². The Hall–Kier alpha value is -2.66. The Bertz CT molecular complexity index is 809. The highest BCUT2D eigenvalue weighted by molar-refractivity contribution is 6.02. The van der Waals surface area contributed by atoms with Crippen LogP contribution in [-0.4, -0.2) is 42.8 Å². The van der Waals surface area contributed by atoms with Crippen LogP contribution in [-0.2, 0) is 9.63 Å². The summed E-state index contributed by atoms with van der Waals surface area (Å²) in [6, 6.07) is 18.3. The standard InChI is InChI=1S/C21H22N2O3/c1-22-13-12-21(20(22)25)14-18(19(24)16-8-4-2-5-9-16)23(26-15-21)17-10-6-3-7-11-17/h2-11,18H,12-15H2,1H3. The third-order valence-corrected chi connectivity index (χ3v) is 5.44. The molecule has 1 amide bonds. The molecular weight excluding hydrogens is 328 g/mol. The Kier molecular flexibility index (Phi) is 4.24. The van der Waals surface area contributed by atoms with Crippen LogP contribution in [0.15, 0.2) is 60.7 Å². The fourth-order valence-electron chi connectivity index (χ4n) is 3.94. The minimum absolute atomic E-state index is 0.0177. The number of hydrogen-bond acceptors (Lipinski definition) is 4. The Labute approximate surface area is 153 Å². The van der Waals surface area contributed by atoms with Crippen LogP contribution >= 0.6 is 0 Å². The summed E-state index contributed by atoms with van der Waals surface area (Å²) < 4.78 is 0. The van der Waals surface area contributed by atoms with Gasteiger partial charge < -0.3 is 4.90 Å². The number of benzene rings is 2. The van der Waals surface area contributed by atoms with E-state index in [1.54, 1.807) is 9.96 Å². The third-order valence-electron chi connectivity index (χ3n) is 5.44. The van der Waals surface area contributed by atoms with Gasteiger partial charge in [0.05, 0.1) is 17.7 Å². The van der Waals surface area contributed by atoms with E-state index in [1.165, 1.54) is 0 Å². The summed E-state index contributed by atoms with van der Waals surface area (Å²) in [4.78, 5) is 33.8. The fourth-order valence-corrected chi connectivity index (χ4v) is 3.94. The van der Waals surface area contributed by atoms with Crippen LogP contribution in [0.2, 0.25) is 0 Å². The van der Waals surface area contributed by atoms with Crippen molar-refractivity contribution in [3.63, 3.8) is 0 Å². The van der Waals surface area contributed by atoms with Gasteiger partial charge in [0.1, 0.15) is 6.04 Å². The number of ketones is 1. The second kappa shape index (κ2) is 6.57. The van der Waals surface area contributed by atoms with Crippen molar-refractivity contribution >= 4 is 17.4 Å². The number of rotatable bonds is 3. The molecule has 2 aliphatic heterocycles. The Balaban J connectivity index is 1.70. The lowest BCUT2D eigenvalue weighted by molar-refractivity contribution is -0.142. The molecule has 2 unspecified atom stereocenters. The Morgan fingerprint density at radius 1 is 1.08 bits per heavy atom. The number of Topliss-reactive ketones (excluding diaryl/α,β-unsaturated/α-hetero) is 1. The molecule has 0 saturated carbocycles. The van der Waals surface area contributed by atoms with Crippen LogP contribution in [0.5, 0.6) is 0 Å². The molecule has 5 nitrogen and oxygen atoms in total. The van der Waals surface area contributed by atoms with E-state index in [2.05, 4.69) is 0 Å². The van der Waals surface area contributed by atoms with E-state index in [4.69, 9.17) is 4.84 Å². The number of carbonyl (C=O) groups is 2. The number of amides is 1. The van der Waals surface area contributed by atoms with Gasteiger partial charge in [-0.2, -0.15) is 0 Å². The van der Waals surface area contributed by atoms with E-state index in [0.717, 1.165) is 12.1 Å². The molecular formula is C21H22N2O3. The van der Waals surface area contributed by atoms with Gasteiger partial charge in [-0.15, -0.1) is 0 Å². The Morgan fingerprint density at radius 3 is 2.35 bits per heavy atom. The number of hydrogen-bond donors (Lipinski definition) is 0. The lowest BCUT2D eigenvalue weighted by Gasteiger charge is -2.43. The molecule has 0 N–H and O–H groups in total. The number of nitrogens with zero attached hydrogens (tertiary/aromatic N) is 2. The van der Waals surface area contributed by atoms with Crippen molar-refractivity contribution < 1.29 is 14.4 Å². The van der Waals surface area contributed by atoms with Crippen molar-refractivity contribution in [3.05, 3.63) is 66.2 Å². The molecule has 0 aliphatic carbocycles. The number of carbonyl (C=O) groups excluding carboxylic acids is 2. The monoisotopic (exact) mass is 350 g/mol. The van der Waals surface area contributed by atoms with E-state index in [9.17, 15) is 9.59 Å². The maximum absolute atomic E-state index is 13.3. The average Bonchev–Trinajstić information content (AvgIpc) is 2.97. The number of para-hydroxylation sites is 1. The van der Waals surface area contributed by atoms with Crippen LogP contribution in [0.1, 0.15) is 23.2 Å². The molecule has 5 heteroatoms. The van der Waals surface area contributed by atoms with Gasteiger partial charge in [-0.05, 0) is 25.0 Å². The van der Waals surface area contributed by atoms with E-state index in [1.807, 2.05) is 67.7 Å². The molecule has 134 valence electrons. The summed E-state index contributed by atoms with van der Waals surface area (Å²) in [5.74, 6) is 0.0620. The molecule has 2 fully saturated rings. The Morgan fingerprint density at radius 2 is 1.73 bits per heavy atom. The van der Waals surface area contributed by atoms with Gasteiger partial charge in [0.25, 0.3) is 0 Å². The first-order chi connectivity index (χ1) is 12.6. The van der Waals surface area contributed by atoms with Crippen molar-refractivity contribution in [3.8, 4) is 0 Å². The largest absolute Gasteiger partial charge is 0.345 e. The topological polar surface area (TPSA) is 49.9 Å². The van der Waals surface area contributed by atoms with E-state index >= 15 is 0 Å². The number of anilines is 1. The van der Waals surface area contributed by atoms with Crippen molar-refractivity contribution in [2.45, 2.75) is 18.9 Å². The smallest absolute Gasteiger partial charge is 0.231 e. The molecule has 26 heavy (non-hydrogen) atoms. The van der Waals surface area contributed by atoms with Gasteiger partial charge in [-0.3, -0.25) is 14.4 Å². The minimum atomic E-state index is -0.602. The highest BCUT2D eigenvalue weighted by Crippen LogP contribution is 2.42. The predicted molar refractivity (Wildman–Crippen MR) is 98.7 cm³/mol. The minimum Gasteiger partial charge on any atom is -0.345 e. The lowest BCUT2D eigenvalue weighted by Crippen LogP contribution is -2.54. The molecule has 2 aromatic carbocycles. The summed E-state index contributed by atoms with van der Waals surface area (Å²) in [6.45, 7) is 1.02. The second-order valence-corrected chi connectivity index (χ2v) is 7.14. The predicted octanol–water partition coefficient (Wildman–Crippen LogP) is 2.93.